The van der Waals surface area contributed by atoms with Crippen molar-refractivity contribution in [3.05, 3.63) is 65.7 Å². The van der Waals surface area contributed by atoms with Gasteiger partial charge in [-0.05, 0) is 44.0 Å². The quantitative estimate of drug-likeness (QED) is 0.507. The molecule has 2 heterocycles. The second-order valence-corrected chi connectivity index (χ2v) is 10.7. The molecule has 0 saturated carbocycles. The third-order valence-corrected chi connectivity index (χ3v) is 7.09. The van der Waals surface area contributed by atoms with Crippen LogP contribution in [0.4, 0.5) is 0 Å². The number of likely N-dealkylation sites (tertiary alicyclic amines) is 1. The van der Waals surface area contributed by atoms with Gasteiger partial charge in [-0.1, -0.05) is 36.4 Å². The maximum Gasteiger partial charge on any atom is 0.256 e. The summed E-state index contributed by atoms with van der Waals surface area (Å²) in [5.41, 5.74) is 6.06. The molecule has 0 aliphatic carbocycles. The van der Waals surface area contributed by atoms with E-state index in [1.807, 2.05) is 30.3 Å². The minimum atomic E-state index is -1.19. The summed E-state index contributed by atoms with van der Waals surface area (Å²) in [6, 6.07) is 17.5. The summed E-state index contributed by atoms with van der Waals surface area (Å²) in [5.74, 6) is -0.438. The largest absolute Gasteiger partial charge is 0.493 e. The summed E-state index contributed by atoms with van der Waals surface area (Å²) in [6.07, 6.45) is 1.05. The van der Waals surface area contributed by atoms with Crippen LogP contribution >= 0.6 is 0 Å². The highest BCUT2D eigenvalue weighted by Gasteiger charge is 2.53. The van der Waals surface area contributed by atoms with E-state index in [2.05, 4.69) is 16.5 Å². The molecule has 10 heteroatoms. The van der Waals surface area contributed by atoms with E-state index in [0.29, 0.717) is 30.7 Å². The zero-order valence-electron chi connectivity index (χ0n) is 22.5. The first kappa shape index (κ1) is 27.8. The Hall–Kier alpha value is -4.23. The number of nitrogens with zero attached hydrogens (tertiary/aromatic N) is 4. The smallest absolute Gasteiger partial charge is 0.256 e. The van der Waals surface area contributed by atoms with Gasteiger partial charge < -0.3 is 20.7 Å². The SMILES string of the molecule is CN1N=C2CCN(C(=O)C(CCOc3cccc(C#N)c3)NC(=O)C(C)(C)N)CC2(Cc2ccccc2)C1=O. The van der Waals surface area contributed by atoms with Crippen molar-refractivity contribution in [2.45, 2.75) is 44.7 Å². The molecule has 0 spiro atoms. The third-order valence-electron chi connectivity index (χ3n) is 7.09. The second-order valence-electron chi connectivity index (χ2n) is 10.7. The van der Waals surface area contributed by atoms with Gasteiger partial charge in [0.25, 0.3) is 5.91 Å². The van der Waals surface area contributed by atoms with E-state index >= 15 is 0 Å². The van der Waals surface area contributed by atoms with E-state index in [1.165, 1.54) is 5.01 Å². The molecule has 1 saturated heterocycles. The highest BCUT2D eigenvalue weighted by Crippen LogP contribution is 2.38. The fourth-order valence-corrected chi connectivity index (χ4v) is 4.99. The number of benzene rings is 2. The van der Waals surface area contributed by atoms with Crippen molar-refractivity contribution >= 4 is 23.4 Å². The molecule has 2 unspecified atom stereocenters. The maximum absolute atomic E-state index is 13.9. The third kappa shape index (κ3) is 6.10. The highest BCUT2D eigenvalue weighted by molar-refractivity contribution is 6.13. The van der Waals surface area contributed by atoms with Crippen molar-refractivity contribution in [3.8, 4) is 11.8 Å². The Morgan fingerprint density at radius 3 is 2.67 bits per heavy atom. The Kier molecular flexibility index (Phi) is 8.02. The van der Waals surface area contributed by atoms with E-state index in [0.717, 1.165) is 11.3 Å². The van der Waals surface area contributed by atoms with Gasteiger partial charge in [-0.25, -0.2) is 5.01 Å². The van der Waals surface area contributed by atoms with Gasteiger partial charge in [-0.2, -0.15) is 10.4 Å². The maximum atomic E-state index is 13.9. The molecule has 3 N–H and O–H groups in total. The van der Waals surface area contributed by atoms with Gasteiger partial charge >= 0.3 is 0 Å². The number of hydrogen-bond donors (Lipinski definition) is 2. The Labute approximate surface area is 228 Å². The van der Waals surface area contributed by atoms with Crippen LogP contribution in [0, 0.1) is 16.7 Å². The molecule has 3 amide bonds. The fourth-order valence-electron chi connectivity index (χ4n) is 4.99. The zero-order chi connectivity index (χ0) is 28.2. The summed E-state index contributed by atoms with van der Waals surface area (Å²) in [4.78, 5) is 41.8. The topological polar surface area (TPSA) is 141 Å². The van der Waals surface area contributed by atoms with Gasteiger partial charge in [0.05, 0.1) is 29.5 Å². The number of hydrogen-bond acceptors (Lipinski definition) is 7. The number of hydrazone groups is 1. The van der Waals surface area contributed by atoms with Crippen LogP contribution in [0.3, 0.4) is 0 Å². The molecule has 0 bridgehead atoms. The van der Waals surface area contributed by atoms with Crippen LogP contribution in [-0.4, -0.2) is 71.7 Å². The number of piperidine rings is 1. The molecular weight excluding hydrogens is 496 g/mol. The predicted molar refractivity (Wildman–Crippen MR) is 145 cm³/mol. The molecule has 39 heavy (non-hydrogen) atoms. The summed E-state index contributed by atoms with van der Waals surface area (Å²) in [7, 11) is 1.64. The average molecular weight is 531 g/mol. The number of rotatable bonds is 9. The summed E-state index contributed by atoms with van der Waals surface area (Å²) >= 11 is 0. The van der Waals surface area contributed by atoms with E-state index < -0.39 is 22.9 Å². The van der Waals surface area contributed by atoms with Gasteiger partial charge in [0, 0.05) is 33.0 Å². The minimum absolute atomic E-state index is 0.119. The Morgan fingerprint density at radius 1 is 1.23 bits per heavy atom. The first-order valence-electron chi connectivity index (χ1n) is 12.9. The lowest BCUT2D eigenvalue weighted by molar-refractivity contribution is -0.142. The molecule has 2 aliphatic heterocycles. The minimum Gasteiger partial charge on any atom is -0.493 e. The Balaban J connectivity index is 1.54. The first-order chi connectivity index (χ1) is 18.5. The number of carbonyl (C=O) groups excluding carboxylic acids is 3. The normalized spacial score (nSPS) is 19.6. The van der Waals surface area contributed by atoms with Crippen LogP contribution in [0.2, 0.25) is 0 Å². The number of carbonyl (C=O) groups is 3. The van der Waals surface area contributed by atoms with Gasteiger partial charge in [-0.3, -0.25) is 14.4 Å². The second kappa shape index (κ2) is 11.3. The van der Waals surface area contributed by atoms with Crippen LogP contribution in [0.15, 0.2) is 59.7 Å². The van der Waals surface area contributed by atoms with Crippen LogP contribution < -0.4 is 15.8 Å². The van der Waals surface area contributed by atoms with Crippen LogP contribution in [0.25, 0.3) is 0 Å². The van der Waals surface area contributed by atoms with E-state index in [-0.39, 0.29) is 31.4 Å². The highest BCUT2D eigenvalue weighted by atomic mass is 16.5. The molecule has 4 rings (SSSR count). The number of nitrogens with two attached hydrogens (primary N) is 1. The van der Waals surface area contributed by atoms with Gasteiger partial charge in [0.1, 0.15) is 17.2 Å². The lowest BCUT2D eigenvalue weighted by atomic mass is 9.73. The lowest BCUT2D eigenvalue weighted by Gasteiger charge is -2.41. The summed E-state index contributed by atoms with van der Waals surface area (Å²) < 4.78 is 5.80. The molecule has 0 radical (unpaired) electrons. The van der Waals surface area contributed by atoms with Crippen molar-refractivity contribution < 1.29 is 19.1 Å². The van der Waals surface area contributed by atoms with Crippen LogP contribution in [0.1, 0.15) is 37.8 Å². The zero-order valence-corrected chi connectivity index (χ0v) is 22.5. The molecule has 10 nitrogen and oxygen atoms in total. The molecular formula is C29H34N6O4. The number of nitriles is 1. The summed E-state index contributed by atoms with van der Waals surface area (Å²) in [5, 5.41) is 17.8. The number of ether oxygens (including phenoxy) is 1. The van der Waals surface area contributed by atoms with Crippen molar-refractivity contribution in [2.24, 2.45) is 16.3 Å². The Morgan fingerprint density at radius 2 is 1.97 bits per heavy atom. The standard InChI is InChI=1S/C29H34N6O4/c1-28(2,31)26(37)32-23(13-15-39-22-11-7-10-21(16-22)18-30)25(36)35-14-12-24-29(19-35,27(38)34(3)33-24)17-20-8-5-4-6-9-20/h4-11,16,23H,12-15,17,19,31H2,1-3H3,(H,32,37). The van der Waals surface area contributed by atoms with E-state index in [1.54, 1.807) is 50.1 Å². The molecule has 2 aromatic carbocycles. The van der Waals surface area contributed by atoms with Crippen LogP contribution in [0.5, 0.6) is 5.75 Å². The molecule has 1 fully saturated rings. The number of nitrogens with one attached hydrogen (secondary N) is 1. The van der Waals surface area contributed by atoms with E-state index in [9.17, 15) is 14.4 Å². The van der Waals surface area contributed by atoms with Gasteiger partial charge in [0.2, 0.25) is 11.8 Å². The number of fused-ring (bicyclic) bond motifs is 1. The van der Waals surface area contributed by atoms with Crippen molar-refractivity contribution in [1.82, 2.24) is 15.2 Å². The van der Waals surface area contributed by atoms with Crippen molar-refractivity contribution in [1.29, 1.82) is 5.26 Å². The lowest BCUT2D eigenvalue weighted by Crippen LogP contribution is -2.61. The van der Waals surface area contributed by atoms with Crippen molar-refractivity contribution in [2.75, 3.05) is 26.7 Å². The summed E-state index contributed by atoms with van der Waals surface area (Å²) in [6.45, 7) is 3.79. The molecule has 0 aromatic heterocycles. The Bertz CT molecular complexity index is 1310. The van der Waals surface area contributed by atoms with Crippen LogP contribution in [-0.2, 0) is 20.8 Å². The van der Waals surface area contributed by atoms with Gasteiger partial charge in [0.15, 0.2) is 0 Å². The number of amides is 3. The first-order valence-corrected chi connectivity index (χ1v) is 12.9. The average Bonchev–Trinajstić information content (AvgIpc) is 3.16. The van der Waals surface area contributed by atoms with Gasteiger partial charge in [-0.15, -0.1) is 0 Å². The molecule has 2 aliphatic rings. The molecule has 204 valence electrons. The fraction of sp³-hybridized carbons (Fsp3) is 0.414. The van der Waals surface area contributed by atoms with E-state index in [4.69, 9.17) is 15.7 Å². The molecule has 2 atom stereocenters. The predicted octanol–water partition coefficient (Wildman–Crippen LogP) is 1.84. The molecule has 2 aromatic rings. The van der Waals surface area contributed by atoms with Crippen molar-refractivity contribution in [3.63, 3.8) is 0 Å². The monoisotopic (exact) mass is 530 g/mol.